The average molecular weight is 675 g/mol. The lowest BCUT2D eigenvalue weighted by molar-refractivity contribution is -0.149. The van der Waals surface area contributed by atoms with Gasteiger partial charge in [-0.05, 0) is 38.5 Å². The fourth-order valence-electron chi connectivity index (χ4n) is 4.23. The molecule has 0 rings (SSSR count). The molecular formula is C30H46N2O15. The third kappa shape index (κ3) is 22.0. The Hall–Kier alpha value is -4.25. The minimum absolute atomic E-state index is 0.0124. The van der Waals surface area contributed by atoms with Crippen LogP contribution in [0.1, 0.15) is 90.4 Å². The highest BCUT2D eigenvalue weighted by atomic mass is 16.5. The monoisotopic (exact) mass is 674 g/mol. The minimum Gasteiger partial charge on any atom is -0.481 e. The zero-order valence-corrected chi connectivity index (χ0v) is 26.5. The molecule has 6 N–H and O–H groups in total. The zero-order valence-electron chi connectivity index (χ0n) is 26.5. The molecule has 3 unspecified atom stereocenters. The molecule has 0 aliphatic heterocycles. The second-order valence-corrected chi connectivity index (χ2v) is 10.8. The van der Waals surface area contributed by atoms with E-state index in [1.54, 1.807) is 6.92 Å². The van der Waals surface area contributed by atoms with Gasteiger partial charge in [-0.15, -0.1) is 0 Å². The first kappa shape index (κ1) is 42.8. The predicted molar refractivity (Wildman–Crippen MR) is 160 cm³/mol. The molecule has 0 saturated heterocycles. The molecule has 0 aliphatic rings. The van der Waals surface area contributed by atoms with Crippen LogP contribution in [0.2, 0.25) is 0 Å². The number of amides is 2. The van der Waals surface area contributed by atoms with E-state index in [9.17, 15) is 53.4 Å². The number of Topliss-reactive ketones (excluding diaryl/α,β-unsaturated/α-hetero) is 3. The number of nitrogens with one attached hydrogen (secondary N) is 2. The molecule has 0 saturated carbocycles. The van der Waals surface area contributed by atoms with E-state index in [4.69, 9.17) is 19.7 Å². The second-order valence-electron chi connectivity index (χ2n) is 10.8. The summed E-state index contributed by atoms with van der Waals surface area (Å²) in [6.45, 7) is 1.54. The van der Waals surface area contributed by atoms with Crippen molar-refractivity contribution in [1.29, 1.82) is 0 Å². The Balaban J connectivity index is 4.15. The molecule has 2 amide bonds. The van der Waals surface area contributed by atoms with Gasteiger partial charge in [-0.2, -0.15) is 0 Å². The molecular weight excluding hydrogens is 628 g/mol. The van der Waals surface area contributed by atoms with Gasteiger partial charge in [0.25, 0.3) is 0 Å². The van der Waals surface area contributed by atoms with Crippen LogP contribution in [-0.2, 0) is 52.6 Å². The highest BCUT2D eigenvalue weighted by molar-refractivity contribution is 6.32. The second kappa shape index (κ2) is 24.9. The molecule has 0 bridgehead atoms. The Morgan fingerprint density at radius 2 is 1.13 bits per heavy atom. The van der Waals surface area contributed by atoms with Gasteiger partial charge in [-0.1, -0.05) is 13.3 Å². The predicted octanol–water partition coefficient (Wildman–Crippen LogP) is 0.742. The lowest BCUT2D eigenvalue weighted by Gasteiger charge is -2.15. The molecule has 0 aromatic heterocycles. The van der Waals surface area contributed by atoms with Crippen LogP contribution in [-0.4, -0.2) is 112 Å². The van der Waals surface area contributed by atoms with Gasteiger partial charge in [0.1, 0.15) is 30.3 Å². The fourth-order valence-corrected chi connectivity index (χ4v) is 4.23. The van der Waals surface area contributed by atoms with Crippen molar-refractivity contribution in [3.05, 3.63) is 0 Å². The molecule has 17 heteroatoms. The zero-order chi connectivity index (χ0) is 35.8. The lowest BCUT2D eigenvalue weighted by Crippen LogP contribution is -2.42. The van der Waals surface area contributed by atoms with Crippen molar-refractivity contribution in [3.63, 3.8) is 0 Å². The standard InChI is InChI=1S/C30H46N2O15/c1-2-6-19(27(38)39)17-21(34)11-13-23(29(42)43)32-26(37)18-47-16-15-46-14-5-7-20(33)10-12-22(28(40)41)31-25(36)9-4-3-8-24(35)30(44)45/h19,22-23H,2-18H2,1H3,(H,31,36)(H,32,37)(H,38,39)(H,40,41)(H,42,43)(H,44,45). The van der Waals surface area contributed by atoms with Crippen LogP contribution in [0.5, 0.6) is 0 Å². The molecule has 0 spiro atoms. The maximum atomic E-state index is 12.1. The molecule has 0 radical (unpaired) electrons. The van der Waals surface area contributed by atoms with Crippen molar-refractivity contribution in [3.8, 4) is 0 Å². The Bertz CT molecular complexity index is 1090. The summed E-state index contributed by atoms with van der Waals surface area (Å²) < 4.78 is 10.5. The first-order valence-electron chi connectivity index (χ1n) is 15.4. The number of ether oxygens (including phenoxy) is 2. The van der Waals surface area contributed by atoms with Crippen LogP contribution < -0.4 is 10.6 Å². The molecule has 266 valence electrons. The van der Waals surface area contributed by atoms with Gasteiger partial charge in [-0.3, -0.25) is 28.8 Å². The molecule has 0 aromatic rings. The number of carbonyl (C=O) groups excluding carboxylic acids is 5. The molecule has 3 atom stereocenters. The van der Waals surface area contributed by atoms with E-state index in [-0.39, 0.29) is 89.8 Å². The first-order chi connectivity index (χ1) is 22.2. The van der Waals surface area contributed by atoms with Gasteiger partial charge in [0.2, 0.25) is 17.6 Å². The normalized spacial score (nSPS) is 12.7. The Kier molecular flexibility index (Phi) is 22.7. The number of hydrogen-bond acceptors (Lipinski definition) is 11. The van der Waals surface area contributed by atoms with E-state index in [0.717, 1.165) is 0 Å². The third-order valence-corrected chi connectivity index (χ3v) is 6.80. The van der Waals surface area contributed by atoms with Crippen molar-refractivity contribution in [1.82, 2.24) is 10.6 Å². The largest absolute Gasteiger partial charge is 0.481 e. The number of aliphatic carboxylic acids is 4. The van der Waals surface area contributed by atoms with Crippen molar-refractivity contribution >= 4 is 53.0 Å². The summed E-state index contributed by atoms with van der Waals surface area (Å²) in [7, 11) is 0. The number of rotatable bonds is 30. The smallest absolute Gasteiger partial charge is 0.372 e. The van der Waals surface area contributed by atoms with E-state index < -0.39 is 71.9 Å². The van der Waals surface area contributed by atoms with Crippen LogP contribution in [0.3, 0.4) is 0 Å². The topological polar surface area (TPSA) is 277 Å². The minimum atomic E-state index is -1.56. The van der Waals surface area contributed by atoms with Gasteiger partial charge in [-0.25, -0.2) is 14.4 Å². The lowest BCUT2D eigenvalue weighted by atomic mass is 9.95. The summed E-state index contributed by atoms with van der Waals surface area (Å²) in [4.78, 5) is 104. The van der Waals surface area contributed by atoms with Crippen LogP contribution in [0.4, 0.5) is 0 Å². The summed E-state index contributed by atoms with van der Waals surface area (Å²) in [6.07, 6.45) is 0.508. The Morgan fingerprint density at radius 1 is 0.574 bits per heavy atom. The number of ketones is 3. The fraction of sp³-hybridized carbons (Fsp3) is 0.700. The number of carboxylic acid groups (broad SMARTS) is 4. The van der Waals surface area contributed by atoms with Crippen molar-refractivity contribution in [2.45, 2.75) is 102 Å². The van der Waals surface area contributed by atoms with Gasteiger partial charge >= 0.3 is 23.9 Å². The maximum Gasteiger partial charge on any atom is 0.372 e. The van der Waals surface area contributed by atoms with Crippen molar-refractivity contribution in [2.75, 3.05) is 26.4 Å². The third-order valence-electron chi connectivity index (χ3n) is 6.80. The SMILES string of the molecule is CCCC(CC(=O)CCC(NC(=O)COCCOCCCC(=O)CCC(NC(=O)CCCCC(=O)C(=O)O)C(=O)O)C(=O)O)C(=O)O. The van der Waals surface area contributed by atoms with E-state index >= 15 is 0 Å². The molecule has 17 nitrogen and oxygen atoms in total. The molecule has 0 heterocycles. The van der Waals surface area contributed by atoms with Crippen LogP contribution >= 0.6 is 0 Å². The number of carboxylic acids is 4. The van der Waals surface area contributed by atoms with Crippen LogP contribution in [0.25, 0.3) is 0 Å². The summed E-state index contributed by atoms with van der Waals surface area (Å²) in [5.41, 5.74) is 0. The van der Waals surface area contributed by atoms with Crippen LogP contribution in [0.15, 0.2) is 0 Å². The Labute approximate surface area is 271 Å². The summed E-state index contributed by atoms with van der Waals surface area (Å²) >= 11 is 0. The van der Waals surface area contributed by atoms with E-state index in [2.05, 4.69) is 10.6 Å². The van der Waals surface area contributed by atoms with Crippen LogP contribution in [0, 0.1) is 5.92 Å². The highest BCUT2D eigenvalue weighted by Crippen LogP contribution is 2.14. The molecule has 0 fully saturated rings. The number of unbranched alkanes of at least 4 members (excludes halogenated alkanes) is 1. The highest BCUT2D eigenvalue weighted by Gasteiger charge is 2.24. The van der Waals surface area contributed by atoms with E-state index in [0.29, 0.717) is 19.3 Å². The van der Waals surface area contributed by atoms with E-state index in [1.807, 2.05) is 0 Å². The van der Waals surface area contributed by atoms with E-state index in [1.165, 1.54) is 0 Å². The Morgan fingerprint density at radius 3 is 1.68 bits per heavy atom. The summed E-state index contributed by atoms with van der Waals surface area (Å²) in [6, 6.07) is -2.64. The van der Waals surface area contributed by atoms with Gasteiger partial charge in [0.05, 0.1) is 19.1 Å². The molecule has 0 aromatic carbocycles. The maximum absolute atomic E-state index is 12.1. The number of carbonyl (C=O) groups is 9. The van der Waals surface area contributed by atoms with Crippen molar-refractivity contribution < 1.29 is 73.1 Å². The average Bonchev–Trinajstić information content (AvgIpc) is 2.99. The first-order valence-corrected chi connectivity index (χ1v) is 15.4. The summed E-state index contributed by atoms with van der Waals surface area (Å²) in [5, 5.41) is 40.9. The number of hydrogen-bond donors (Lipinski definition) is 6. The van der Waals surface area contributed by atoms with Gasteiger partial charge in [0.15, 0.2) is 0 Å². The molecule has 47 heavy (non-hydrogen) atoms. The quantitative estimate of drug-likeness (QED) is 0.0453. The van der Waals surface area contributed by atoms with Gasteiger partial charge < -0.3 is 40.5 Å². The summed E-state index contributed by atoms with van der Waals surface area (Å²) in [5.74, 6) is -9.09. The van der Waals surface area contributed by atoms with Gasteiger partial charge in [0, 0.05) is 45.1 Å². The molecule has 0 aliphatic carbocycles. The van der Waals surface area contributed by atoms with Crippen molar-refractivity contribution in [2.24, 2.45) is 5.92 Å².